The van der Waals surface area contributed by atoms with Crippen molar-refractivity contribution < 1.29 is 0 Å². The van der Waals surface area contributed by atoms with E-state index in [2.05, 4.69) is 15.0 Å². The van der Waals surface area contributed by atoms with Gasteiger partial charge in [-0.25, -0.2) is 9.97 Å². The highest BCUT2D eigenvalue weighted by Gasteiger charge is 2.20. The third-order valence-electron chi connectivity index (χ3n) is 3.13. The van der Waals surface area contributed by atoms with Crippen LogP contribution in [0.1, 0.15) is 37.4 Å². The first-order chi connectivity index (χ1) is 7.33. The lowest BCUT2D eigenvalue weighted by atomic mass is 10.1. The molecule has 0 aliphatic heterocycles. The summed E-state index contributed by atoms with van der Waals surface area (Å²) in [5, 5.41) is 0. The smallest absolute Gasteiger partial charge is 0.179 e. The van der Waals surface area contributed by atoms with E-state index in [1.165, 1.54) is 25.7 Å². The number of aromatic nitrogens is 3. The summed E-state index contributed by atoms with van der Waals surface area (Å²) in [6.07, 6.45) is 5.12. The van der Waals surface area contributed by atoms with Crippen molar-refractivity contribution >= 4 is 17.0 Å². The number of anilines is 1. The second-order valence-corrected chi connectivity index (χ2v) is 4.21. The zero-order chi connectivity index (χ0) is 10.3. The Morgan fingerprint density at radius 1 is 1.20 bits per heavy atom. The molecule has 2 aromatic heterocycles. The van der Waals surface area contributed by atoms with Gasteiger partial charge < -0.3 is 10.7 Å². The van der Waals surface area contributed by atoms with Crippen molar-refractivity contribution in [3.8, 4) is 0 Å². The summed E-state index contributed by atoms with van der Waals surface area (Å²) >= 11 is 0. The molecule has 15 heavy (non-hydrogen) atoms. The lowest BCUT2D eigenvalue weighted by molar-refractivity contribution is 0.681. The van der Waals surface area contributed by atoms with Crippen LogP contribution in [0.3, 0.4) is 0 Å². The number of H-pyrrole nitrogens is 1. The van der Waals surface area contributed by atoms with Gasteiger partial charge in [0.25, 0.3) is 0 Å². The van der Waals surface area contributed by atoms with Crippen molar-refractivity contribution in [3.63, 3.8) is 0 Å². The van der Waals surface area contributed by atoms with Crippen LogP contribution >= 0.6 is 0 Å². The molecule has 0 saturated heterocycles. The van der Waals surface area contributed by atoms with E-state index in [0.29, 0.717) is 11.7 Å². The van der Waals surface area contributed by atoms with E-state index in [9.17, 15) is 0 Å². The standard InChI is InChI=1S/C11H14N4/c12-9-6-5-8-11(14-9)15-10(13-8)7-3-1-2-4-7/h5-7H,1-4H2,(H3,12,13,14,15). The molecule has 0 amide bonds. The normalized spacial score (nSPS) is 17.6. The van der Waals surface area contributed by atoms with Gasteiger partial charge in [-0.2, -0.15) is 0 Å². The van der Waals surface area contributed by atoms with Crippen LogP contribution < -0.4 is 5.73 Å². The number of nitrogens with one attached hydrogen (secondary N) is 1. The van der Waals surface area contributed by atoms with Crippen molar-refractivity contribution in [2.45, 2.75) is 31.6 Å². The average Bonchev–Trinajstić information content (AvgIpc) is 2.84. The van der Waals surface area contributed by atoms with E-state index < -0.39 is 0 Å². The molecule has 1 aliphatic rings. The SMILES string of the molecule is Nc1ccc2[nH]c(C3CCCC3)nc2n1. The Bertz CT molecular complexity index is 482. The Labute approximate surface area is 87.9 Å². The van der Waals surface area contributed by atoms with Crippen LogP contribution in [0, 0.1) is 0 Å². The number of pyridine rings is 1. The first kappa shape index (κ1) is 8.71. The molecule has 4 nitrogen and oxygen atoms in total. The zero-order valence-corrected chi connectivity index (χ0v) is 8.53. The lowest BCUT2D eigenvalue weighted by Crippen LogP contribution is -1.94. The van der Waals surface area contributed by atoms with E-state index in [1.807, 2.05) is 6.07 Å². The van der Waals surface area contributed by atoms with Gasteiger partial charge in [-0.1, -0.05) is 12.8 Å². The molecular formula is C11H14N4. The molecule has 0 atom stereocenters. The Morgan fingerprint density at radius 3 is 2.80 bits per heavy atom. The number of fused-ring (bicyclic) bond motifs is 1. The van der Waals surface area contributed by atoms with Crippen LogP contribution in [-0.4, -0.2) is 15.0 Å². The Morgan fingerprint density at radius 2 is 2.00 bits per heavy atom. The number of nitrogens with two attached hydrogens (primary N) is 1. The van der Waals surface area contributed by atoms with Crippen molar-refractivity contribution in [1.29, 1.82) is 0 Å². The number of nitrogens with zero attached hydrogens (tertiary/aromatic N) is 2. The van der Waals surface area contributed by atoms with Crippen molar-refractivity contribution in [1.82, 2.24) is 15.0 Å². The van der Waals surface area contributed by atoms with Crippen LogP contribution in [0.15, 0.2) is 12.1 Å². The summed E-state index contributed by atoms with van der Waals surface area (Å²) in [6.45, 7) is 0. The molecule has 0 spiro atoms. The number of rotatable bonds is 1. The van der Waals surface area contributed by atoms with Crippen molar-refractivity contribution in [2.24, 2.45) is 0 Å². The summed E-state index contributed by atoms with van der Waals surface area (Å²) in [5.41, 5.74) is 7.36. The number of imidazole rings is 1. The largest absolute Gasteiger partial charge is 0.384 e. The van der Waals surface area contributed by atoms with Crippen LogP contribution in [-0.2, 0) is 0 Å². The van der Waals surface area contributed by atoms with Gasteiger partial charge in [-0.05, 0) is 25.0 Å². The first-order valence-electron chi connectivity index (χ1n) is 5.45. The van der Waals surface area contributed by atoms with Crippen LogP contribution in [0.5, 0.6) is 0 Å². The second kappa shape index (κ2) is 3.22. The zero-order valence-electron chi connectivity index (χ0n) is 8.53. The van der Waals surface area contributed by atoms with Gasteiger partial charge in [-0.3, -0.25) is 0 Å². The minimum Gasteiger partial charge on any atom is -0.384 e. The molecule has 1 saturated carbocycles. The quantitative estimate of drug-likeness (QED) is 0.744. The van der Waals surface area contributed by atoms with Gasteiger partial charge in [0.2, 0.25) is 0 Å². The Balaban J connectivity index is 2.05. The molecule has 3 rings (SSSR count). The Kier molecular flexibility index (Phi) is 1.87. The average molecular weight is 202 g/mol. The molecule has 2 aromatic rings. The highest BCUT2D eigenvalue weighted by molar-refractivity contribution is 5.72. The molecule has 1 fully saturated rings. The number of nitrogen functional groups attached to an aromatic ring is 1. The lowest BCUT2D eigenvalue weighted by Gasteiger charge is -2.02. The monoisotopic (exact) mass is 202 g/mol. The fraction of sp³-hybridized carbons (Fsp3) is 0.455. The predicted octanol–water partition coefficient (Wildman–Crippen LogP) is 2.20. The van der Waals surface area contributed by atoms with E-state index in [-0.39, 0.29) is 0 Å². The minimum atomic E-state index is 0.534. The molecule has 4 heteroatoms. The molecule has 1 aliphatic carbocycles. The fourth-order valence-electron chi connectivity index (χ4n) is 2.32. The van der Waals surface area contributed by atoms with E-state index in [0.717, 1.165) is 17.0 Å². The third kappa shape index (κ3) is 1.46. The highest BCUT2D eigenvalue weighted by atomic mass is 15.0. The maximum absolute atomic E-state index is 5.62. The van der Waals surface area contributed by atoms with Gasteiger partial charge >= 0.3 is 0 Å². The van der Waals surface area contributed by atoms with Gasteiger partial charge in [0, 0.05) is 5.92 Å². The summed E-state index contributed by atoms with van der Waals surface area (Å²) in [4.78, 5) is 12.0. The summed E-state index contributed by atoms with van der Waals surface area (Å²) in [7, 11) is 0. The van der Waals surface area contributed by atoms with Gasteiger partial charge in [0.1, 0.15) is 11.6 Å². The molecule has 0 unspecified atom stereocenters. The van der Waals surface area contributed by atoms with Gasteiger partial charge in [-0.15, -0.1) is 0 Å². The topological polar surface area (TPSA) is 67.6 Å². The highest BCUT2D eigenvalue weighted by Crippen LogP contribution is 2.33. The molecule has 0 aromatic carbocycles. The van der Waals surface area contributed by atoms with Gasteiger partial charge in [0.05, 0.1) is 5.52 Å². The van der Waals surface area contributed by atoms with E-state index >= 15 is 0 Å². The maximum atomic E-state index is 5.62. The molecule has 0 radical (unpaired) electrons. The summed E-state index contributed by atoms with van der Waals surface area (Å²) < 4.78 is 0. The van der Waals surface area contributed by atoms with Crippen LogP contribution in [0.25, 0.3) is 11.2 Å². The summed E-state index contributed by atoms with van der Waals surface area (Å²) in [5.74, 6) is 2.22. The van der Waals surface area contributed by atoms with Crippen molar-refractivity contribution in [3.05, 3.63) is 18.0 Å². The van der Waals surface area contributed by atoms with Gasteiger partial charge in [0.15, 0.2) is 5.65 Å². The molecule has 2 heterocycles. The van der Waals surface area contributed by atoms with Crippen molar-refractivity contribution in [2.75, 3.05) is 5.73 Å². The molecule has 3 N–H and O–H groups in total. The third-order valence-corrected chi connectivity index (χ3v) is 3.13. The number of hydrogen-bond donors (Lipinski definition) is 2. The van der Waals surface area contributed by atoms with E-state index in [4.69, 9.17) is 5.73 Å². The number of hydrogen-bond acceptors (Lipinski definition) is 3. The predicted molar refractivity (Wildman–Crippen MR) is 59.5 cm³/mol. The van der Waals surface area contributed by atoms with Crippen LogP contribution in [0.4, 0.5) is 5.82 Å². The second-order valence-electron chi connectivity index (χ2n) is 4.21. The maximum Gasteiger partial charge on any atom is 0.179 e. The number of aromatic amines is 1. The van der Waals surface area contributed by atoms with Crippen LogP contribution in [0.2, 0.25) is 0 Å². The van der Waals surface area contributed by atoms with E-state index in [1.54, 1.807) is 6.07 Å². The first-order valence-corrected chi connectivity index (χ1v) is 5.45. The molecule has 78 valence electrons. The minimum absolute atomic E-state index is 0.534. The molecule has 0 bridgehead atoms. The Hall–Kier alpha value is -1.58. The summed E-state index contributed by atoms with van der Waals surface area (Å²) in [6, 6.07) is 3.75. The molecular weight excluding hydrogens is 188 g/mol. The fourth-order valence-corrected chi connectivity index (χ4v) is 2.32.